The lowest BCUT2D eigenvalue weighted by Crippen LogP contribution is -2.02. The normalized spacial score (nSPS) is 10.1. The topological polar surface area (TPSA) is 56.3 Å². The van der Waals surface area contributed by atoms with Crippen molar-refractivity contribution in [3.05, 3.63) is 58.9 Å². The van der Waals surface area contributed by atoms with Crippen LogP contribution >= 0.6 is 0 Å². The van der Waals surface area contributed by atoms with Crippen molar-refractivity contribution in [1.82, 2.24) is 4.98 Å². The van der Waals surface area contributed by atoms with Crippen LogP contribution in [0, 0.1) is 6.92 Å². The second-order valence-electron chi connectivity index (χ2n) is 4.54. The zero-order valence-electron chi connectivity index (χ0n) is 11.4. The molecule has 0 aliphatic carbocycles. The third-order valence-electron chi connectivity index (χ3n) is 2.89. The molecule has 20 heavy (non-hydrogen) atoms. The Balaban J connectivity index is 2.14. The molecule has 1 aromatic carbocycles. The third-order valence-corrected chi connectivity index (χ3v) is 2.89. The summed E-state index contributed by atoms with van der Waals surface area (Å²) < 4.78 is 5.60. The number of pyridine rings is 1. The number of carbonyl (C=O) groups excluding carboxylic acids is 2. The van der Waals surface area contributed by atoms with E-state index in [0.29, 0.717) is 22.6 Å². The Morgan fingerprint density at radius 1 is 1.30 bits per heavy atom. The average molecular weight is 269 g/mol. The molecule has 0 atom stereocenters. The maximum atomic E-state index is 11.3. The van der Waals surface area contributed by atoms with Crippen LogP contribution in [0.3, 0.4) is 0 Å². The van der Waals surface area contributed by atoms with E-state index in [1.165, 1.54) is 6.92 Å². The molecule has 0 fully saturated rings. The molecule has 2 aromatic rings. The second-order valence-corrected chi connectivity index (χ2v) is 4.54. The zero-order chi connectivity index (χ0) is 14.5. The predicted octanol–water partition coefficient (Wildman–Crippen LogP) is 2.98. The van der Waals surface area contributed by atoms with E-state index < -0.39 is 0 Å². The smallest absolute Gasteiger partial charge is 0.159 e. The van der Waals surface area contributed by atoms with Crippen molar-refractivity contribution in [1.29, 1.82) is 0 Å². The quantitative estimate of drug-likeness (QED) is 0.618. The lowest BCUT2D eigenvalue weighted by molar-refractivity contribution is 0.101. The Labute approximate surface area is 117 Å². The van der Waals surface area contributed by atoms with E-state index in [9.17, 15) is 9.59 Å². The summed E-state index contributed by atoms with van der Waals surface area (Å²) >= 11 is 0. The van der Waals surface area contributed by atoms with Gasteiger partial charge in [-0.15, -0.1) is 0 Å². The van der Waals surface area contributed by atoms with Crippen LogP contribution in [-0.4, -0.2) is 17.1 Å². The van der Waals surface area contributed by atoms with Crippen molar-refractivity contribution < 1.29 is 14.3 Å². The van der Waals surface area contributed by atoms with Crippen LogP contribution in [0.15, 0.2) is 36.5 Å². The van der Waals surface area contributed by atoms with Crippen LogP contribution in [0.1, 0.15) is 38.9 Å². The summed E-state index contributed by atoms with van der Waals surface area (Å²) in [5.74, 6) is 0.498. The number of aryl methyl sites for hydroxylation is 1. The highest BCUT2D eigenvalue weighted by molar-refractivity contribution is 5.93. The Morgan fingerprint density at radius 3 is 2.80 bits per heavy atom. The molecule has 4 heteroatoms. The lowest BCUT2D eigenvalue weighted by atomic mass is 10.1. The molecule has 0 radical (unpaired) electrons. The minimum absolute atomic E-state index is 0.0161. The van der Waals surface area contributed by atoms with Crippen molar-refractivity contribution in [2.75, 3.05) is 0 Å². The van der Waals surface area contributed by atoms with Crippen LogP contribution < -0.4 is 4.74 Å². The molecule has 2 rings (SSSR count). The molecular formula is C16H15NO3. The summed E-state index contributed by atoms with van der Waals surface area (Å²) in [4.78, 5) is 26.4. The first-order chi connectivity index (χ1) is 9.60. The van der Waals surface area contributed by atoms with E-state index in [4.69, 9.17) is 4.74 Å². The molecule has 1 aromatic heterocycles. The summed E-state index contributed by atoms with van der Waals surface area (Å²) in [7, 11) is 0. The largest absolute Gasteiger partial charge is 0.487 e. The van der Waals surface area contributed by atoms with Gasteiger partial charge in [0.2, 0.25) is 0 Å². The maximum absolute atomic E-state index is 11.3. The summed E-state index contributed by atoms with van der Waals surface area (Å²) in [6.07, 6.45) is 2.34. The summed E-state index contributed by atoms with van der Waals surface area (Å²) in [6.45, 7) is 3.63. The fraction of sp³-hybridized carbons (Fsp3) is 0.188. The fourth-order valence-electron chi connectivity index (χ4n) is 1.82. The van der Waals surface area contributed by atoms with Gasteiger partial charge in [0.05, 0.1) is 11.3 Å². The third kappa shape index (κ3) is 3.29. The van der Waals surface area contributed by atoms with Crippen LogP contribution in [0.25, 0.3) is 0 Å². The van der Waals surface area contributed by atoms with Gasteiger partial charge >= 0.3 is 0 Å². The molecule has 0 spiro atoms. The molecular weight excluding hydrogens is 254 g/mol. The molecule has 4 nitrogen and oxygen atoms in total. The van der Waals surface area contributed by atoms with Crippen molar-refractivity contribution in [2.24, 2.45) is 0 Å². The minimum Gasteiger partial charge on any atom is -0.487 e. The van der Waals surface area contributed by atoms with Gasteiger partial charge in [-0.3, -0.25) is 14.6 Å². The van der Waals surface area contributed by atoms with E-state index in [-0.39, 0.29) is 12.4 Å². The Morgan fingerprint density at radius 2 is 2.10 bits per heavy atom. The van der Waals surface area contributed by atoms with Crippen molar-refractivity contribution in [2.45, 2.75) is 20.5 Å². The van der Waals surface area contributed by atoms with Gasteiger partial charge in [0.15, 0.2) is 12.1 Å². The van der Waals surface area contributed by atoms with Crippen LogP contribution in [-0.2, 0) is 6.61 Å². The summed E-state index contributed by atoms with van der Waals surface area (Å²) in [5, 5.41) is 0. The van der Waals surface area contributed by atoms with Gasteiger partial charge in [-0.05, 0) is 38.1 Å². The summed E-state index contributed by atoms with van der Waals surface area (Å²) in [6, 6.07) is 8.75. The number of aromatic nitrogens is 1. The molecule has 0 saturated heterocycles. The fourth-order valence-corrected chi connectivity index (χ4v) is 1.82. The van der Waals surface area contributed by atoms with E-state index in [2.05, 4.69) is 4.98 Å². The number of carbonyl (C=O) groups is 2. The van der Waals surface area contributed by atoms with Crippen LogP contribution in [0.2, 0.25) is 0 Å². The van der Waals surface area contributed by atoms with Gasteiger partial charge in [0, 0.05) is 11.8 Å². The Hall–Kier alpha value is -2.49. The van der Waals surface area contributed by atoms with Crippen LogP contribution in [0.4, 0.5) is 0 Å². The molecule has 0 amide bonds. The van der Waals surface area contributed by atoms with Crippen LogP contribution in [0.5, 0.6) is 5.75 Å². The van der Waals surface area contributed by atoms with Crippen molar-refractivity contribution in [3.63, 3.8) is 0 Å². The number of hydrogen-bond acceptors (Lipinski definition) is 4. The standard InChI is InChI=1S/C16H15NO3/c1-11-3-4-16(14(7-11)9-18)20-10-15-8-13(12(2)19)5-6-17-15/h3-9H,10H2,1-2H3. The molecule has 1 heterocycles. The maximum Gasteiger partial charge on any atom is 0.159 e. The first-order valence-corrected chi connectivity index (χ1v) is 6.24. The molecule has 0 aliphatic rings. The van der Waals surface area contributed by atoms with Gasteiger partial charge in [0.1, 0.15) is 12.4 Å². The van der Waals surface area contributed by atoms with Crippen molar-refractivity contribution >= 4 is 12.1 Å². The first-order valence-electron chi connectivity index (χ1n) is 6.24. The number of ketones is 1. The Kier molecular flexibility index (Phi) is 4.25. The SMILES string of the molecule is CC(=O)c1ccnc(COc2ccc(C)cc2C=O)c1. The molecule has 0 bridgehead atoms. The average Bonchev–Trinajstić information content (AvgIpc) is 2.46. The number of Topliss-reactive ketones (excluding diaryl/α,β-unsaturated/α-hetero) is 1. The highest BCUT2D eigenvalue weighted by Gasteiger charge is 2.06. The number of hydrogen-bond donors (Lipinski definition) is 0. The molecule has 0 saturated carbocycles. The highest BCUT2D eigenvalue weighted by atomic mass is 16.5. The van der Waals surface area contributed by atoms with Gasteiger partial charge in [-0.2, -0.15) is 0 Å². The molecule has 0 N–H and O–H groups in total. The minimum atomic E-state index is -0.0161. The number of ether oxygens (including phenoxy) is 1. The van der Waals surface area contributed by atoms with E-state index in [1.54, 1.807) is 30.5 Å². The molecule has 102 valence electrons. The Bertz CT molecular complexity index is 650. The highest BCUT2D eigenvalue weighted by Crippen LogP contribution is 2.19. The van der Waals surface area contributed by atoms with E-state index >= 15 is 0 Å². The predicted molar refractivity (Wildman–Crippen MR) is 75.1 cm³/mol. The zero-order valence-corrected chi connectivity index (χ0v) is 11.4. The van der Waals surface area contributed by atoms with E-state index in [0.717, 1.165) is 11.8 Å². The molecule has 0 aliphatic heterocycles. The number of nitrogens with zero attached hydrogens (tertiary/aromatic N) is 1. The van der Waals surface area contributed by atoms with Gasteiger partial charge in [0.25, 0.3) is 0 Å². The van der Waals surface area contributed by atoms with Gasteiger partial charge < -0.3 is 4.74 Å². The number of rotatable bonds is 5. The first kappa shape index (κ1) is 13.9. The monoisotopic (exact) mass is 269 g/mol. The van der Waals surface area contributed by atoms with Gasteiger partial charge in [-0.1, -0.05) is 11.6 Å². The van der Waals surface area contributed by atoms with Crippen molar-refractivity contribution in [3.8, 4) is 5.75 Å². The second kappa shape index (κ2) is 6.10. The lowest BCUT2D eigenvalue weighted by Gasteiger charge is -2.09. The van der Waals surface area contributed by atoms with Gasteiger partial charge in [-0.25, -0.2) is 0 Å². The number of benzene rings is 1. The summed E-state index contributed by atoms with van der Waals surface area (Å²) in [5.41, 5.74) is 2.75. The molecule has 0 unspecified atom stereocenters. The van der Waals surface area contributed by atoms with E-state index in [1.807, 2.05) is 13.0 Å². The number of aldehydes is 1.